The summed E-state index contributed by atoms with van der Waals surface area (Å²) in [6.45, 7) is 1.36. The average Bonchev–Trinajstić information content (AvgIpc) is 3.50. The molecule has 1 saturated heterocycles. The number of benzene rings is 1. The largest absolute Gasteiger partial charge is 0.491 e. The number of halogens is 4. The van der Waals surface area contributed by atoms with Crippen LogP contribution in [0.25, 0.3) is 32.2 Å². The van der Waals surface area contributed by atoms with Gasteiger partial charge in [-0.25, -0.2) is 14.8 Å². The third kappa shape index (κ3) is 6.89. The maximum absolute atomic E-state index is 13.9. The third-order valence-corrected chi connectivity index (χ3v) is 9.85. The summed E-state index contributed by atoms with van der Waals surface area (Å²) in [5.74, 6) is 0.108. The Morgan fingerprint density at radius 1 is 1.20 bits per heavy atom. The molecule has 6 rings (SSSR count). The van der Waals surface area contributed by atoms with E-state index in [2.05, 4.69) is 9.97 Å². The molecule has 0 spiro atoms. The number of rotatable bonds is 9. The second-order valence-electron chi connectivity index (χ2n) is 11.7. The average molecular weight is 712 g/mol. The molecule has 1 aromatic carbocycles. The third-order valence-electron chi connectivity index (χ3n) is 8.61. The van der Waals surface area contributed by atoms with Crippen LogP contribution in [-0.2, 0) is 6.54 Å². The van der Waals surface area contributed by atoms with E-state index in [-0.39, 0.29) is 54.3 Å². The van der Waals surface area contributed by atoms with Crippen LogP contribution in [0.15, 0.2) is 46.8 Å². The molecular weight excluding hydrogens is 683 g/mol. The molecule has 49 heavy (non-hydrogen) atoms. The molecule has 1 N–H and O–H groups in total. The minimum absolute atomic E-state index is 0.0395. The molecule has 16 heteroatoms. The first kappa shape index (κ1) is 34.1. The van der Waals surface area contributed by atoms with Crippen molar-refractivity contribution in [2.24, 2.45) is 0 Å². The molecule has 4 aromatic heterocycles. The number of anilines is 1. The summed E-state index contributed by atoms with van der Waals surface area (Å²) in [7, 11) is 1.77. The predicted octanol–water partition coefficient (Wildman–Crippen LogP) is 6.14. The summed E-state index contributed by atoms with van der Waals surface area (Å²) in [6.07, 6.45) is -0.489. The van der Waals surface area contributed by atoms with Crippen molar-refractivity contribution < 1.29 is 27.8 Å². The summed E-state index contributed by atoms with van der Waals surface area (Å²) in [5.41, 5.74) is 1.60. The Morgan fingerprint density at radius 3 is 2.65 bits per heavy atom. The van der Waals surface area contributed by atoms with Gasteiger partial charge in [0.1, 0.15) is 29.8 Å². The second-order valence-corrected chi connectivity index (χ2v) is 13.0. The lowest BCUT2D eigenvalue weighted by Gasteiger charge is -2.37. The molecular formula is C33H29ClF3N7O4S. The van der Waals surface area contributed by atoms with Crippen molar-refractivity contribution in [1.82, 2.24) is 24.4 Å². The Labute approximate surface area is 286 Å². The molecule has 5 heterocycles. The van der Waals surface area contributed by atoms with Crippen molar-refractivity contribution in [2.75, 3.05) is 38.2 Å². The van der Waals surface area contributed by atoms with Crippen LogP contribution in [0, 0.1) is 18.3 Å². The number of carboxylic acids is 1. The molecule has 0 bridgehead atoms. The second kappa shape index (κ2) is 13.6. The number of fused-ring (bicyclic) bond motifs is 2. The number of thiophene rings is 1. The number of carbonyl (C=O) groups is 1. The molecule has 11 nitrogen and oxygen atoms in total. The molecule has 0 saturated carbocycles. The van der Waals surface area contributed by atoms with Crippen LogP contribution >= 0.6 is 22.9 Å². The van der Waals surface area contributed by atoms with Gasteiger partial charge >= 0.3 is 12.1 Å². The maximum atomic E-state index is 13.9. The number of aryl methyl sites for hydroxylation is 1. The fourth-order valence-corrected chi connectivity index (χ4v) is 7.40. The number of carboxylic acid groups (broad SMARTS) is 1. The number of hydrogen-bond acceptors (Lipinski definition) is 10. The number of pyridine rings is 2. The normalized spacial score (nSPS) is 14.3. The molecule has 0 aliphatic carbocycles. The number of aromatic nitrogens is 4. The number of ether oxygens (including phenoxy) is 1. The number of aromatic carboxylic acids is 1. The van der Waals surface area contributed by atoms with Crippen LogP contribution in [0.2, 0.25) is 5.02 Å². The monoisotopic (exact) mass is 711 g/mol. The van der Waals surface area contributed by atoms with Gasteiger partial charge in [0.25, 0.3) is 5.56 Å². The Hall–Kier alpha value is -4.78. The van der Waals surface area contributed by atoms with Crippen molar-refractivity contribution in [2.45, 2.75) is 38.5 Å². The smallest absolute Gasteiger partial charge is 0.401 e. The Balaban J connectivity index is 1.26. The van der Waals surface area contributed by atoms with E-state index in [0.29, 0.717) is 56.6 Å². The van der Waals surface area contributed by atoms with E-state index < -0.39 is 24.2 Å². The number of alkyl halides is 3. The van der Waals surface area contributed by atoms with Gasteiger partial charge < -0.3 is 14.7 Å². The maximum Gasteiger partial charge on any atom is 0.401 e. The zero-order chi connectivity index (χ0) is 35.0. The highest BCUT2D eigenvalue weighted by Gasteiger charge is 2.34. The van der Waals surface area contributed by atoms with E-state index in [0.717, 1.165) is 0 Å². The molecule has 5 aromatic rings. The van der Waals surface area contributed by atoms with Gasteiger partial charge in [-0.15, -0.1) is 11.3 Å². The summed E-state index contributed by atoms with van der Waals surface area (Å²) in [5, 5.41) is 21.5. The molecule has 0 atom stereocenters. The zero-order valence-electron chi connectivity index (χ0n) is 26.3. The van der Waals surface area contributed by atoms with Gasteiger partial charge in [0.15, 0.2) is 5.82 Å². The highest BCUT2D eigenvalue weighted by Crippen LogP contribution is 2.39. The number of nitriles is 1. The highest BCUT2D eigenvalue weighted by molar-refractivity contribution is 7.18. The van der Waals surface area contributed by atoms with Crippen LogP contribution in [0.1, 0.15) is 34.6 Å². The Bertz CT molecular complexity index is 2170. The summed E-state index contributed by atoms with van der Waals surface area (Å²) in [4.78, 5) is 42.2. The standard InChI is InChI=1S/C33H29ClF3N7O4S/c1-18-41-28-26(19(14-38)15-40-30(28)42(2)21-6-9-43(10-7-21)17-33(35,36)37)31(45)44(18)11-12-48-25-4-3-20(34)13-23(25)22-5-8-39-27-24(32(46)47)16-49-29(22)27/h3-5,8,13,15-16,21H,6-7,9-12,17H2,1-2H3,(H,46,47). The highest BCUT2D eigenvalue weighted by atomic mass is 35.5. The molecule has 1 fully saturated rings. The topological polar surface area (TPSA) is 137 Å². The lowest BCUT2D eigenvalue weighted by molar-refractivity contribution is -0.147. The van der Waals surface area contributed by atoms with Crippen LogP contribution < -0.4 is 15.2 Å². The summed E-state index contributed by atoms with van der Waals surface area (Å²) < 4.78 is 46.9. The first-order valence-corrected chi connectivity index (χ1v) is 16.5. The van der Waals surface area contributed by atoms with E-state index in [9.17, 15) is 33.1 Å². The van der Waals surface area contributed by atoms with Crippen LogP contribution in [0.3, 0.4) is 0 Å². The molecule has 1 aliphatic heterocycles. The minimum Gasteiger partial charge on any atom is -0.491 e. The fourth-order valence-electron chi connectivity index (χ4n) is 6.20. The minimum atomic E-state index is -4.27. The SMILES string of the molecule is Cc1nc2c(N(C)C3CCN(CC(F)(F)F)CC3)ncc(C#N)c2c(=O)n1CCOc1ccc(Cl)cc1-c1ccnc2c(C(=O)O)csc12. The van der Waals surface area contributed by atoms with Crippen molar-refractivity contribution in [3.8, 4) is 22.9 Å². The van der Waals surface area contributed by atoms with Gasteiger partial charge in [-0.05, 0) is 44.0 Å². The van der Waals surface area contributed by atoms with Gasteiger partial charge in [0.05, 0.1) is 39.8 Å². The van der Waals surface area contributed by atoms with Gasteiger partial charge in [-0.1, -0.05) is 11.6 Å². The number of likely N-dealkylation sites (tertiary alicyclic amines) is 1. The van der Waals surface area contributed by atoms with Crippen molar-refractivity contribution in [1.29, 1.82) is 5.26 Å². The predicted molar refractivity (Wildman–Crippen MR) is 180 cm³/mol. The molecule has 1 aliphatic rings. The quantitative estimate of drug-likeness (QED) is 0.190. The Morgan fingerprint density at radius 2 is 1.96 bits per heavy atom. The van der Waals surface area contributed by atoms with Gasteiger partial charge in [-0.2, -0.15) is 18.4 Å². The van der Waals surface area contributed by atoms with Crippen molar-refractivity contribution in [3.63, 3.8) is 0 Å². The van der Waals surface area contributed by atoms with Gasteiger partial charge in [0.2, 0.25) is 0 Å². The Kier molecular flexibility index (Phi) is 9.47. The summed E-state index contributed by atoms with van der Waals surface area (Å²) in [6, 6.07) is 8.72. The van der Waals surface area contributed by atoms with Crippen molar-refractivity contribution in [3.05, 3.63) is 74.4 Å². The van der Waals surface area contributed by atoms with E-state index in [1.807, 2.05) is 11.0 Å². The van der Waals surface area contributed by atoms with E-state index in [1.165, 1.54) is 38.6 Å². The molecule has 254 valence electrons. The summed E-state index contributed by atoms with van der Waals surface area (Å²) >= 11 is 7.60. The molecule has 0 amide bonds. The number of hydrogen-bond donors (Lipinski definition) is 1. The van der Waals surface area contributed by atoms with Gasteiger partial charge in [-0.3, -0.25) is 19.2 Å². The zero-order valence-corrected chi connectivity index (χ0v) is 27.9. The van der Waals surface area contributed by atoms with E-state index in [4.69, 9.17) is 21.3 Å². The van der Waals surface area contributed by atoms with Crippen LogP contribution in [0.4, 0.5) is 19.0 Å². The first-order valence-electron chi connectivity index (χ1n) is 15.2. The number of nitrogens with zero attached hydrogens (tertiary/aromatic N) is 7. The number of piperidine rings is 1. The van der Waals surface area contributed by atoms with Crippen LogP contribution in [0.5, 0.6) is 5.75 Å². The van der Waals surface area contributed by atoms with Crippen LogP contribution in [-0.4, -0.2) is 81.0 Å². The van der Waals surface area contributed by atoms with E-state index >= 15 is 0 Å². The lowest BCUT2D eigenvalue weighted by Crippen LogP contribution is -2.46. The van der Waals surface area contributed by atoms with Gasteiger partial charge in [0, 0.05) is 60.1 Å². The van der Waals surface area contributed by atoms with Crippen molar-refractivity contribution >= 4 is 55.8 Å². The molecule has 0 radical (unpaired) electrons. The lowest BCUT2D eigenvalue weighted by atomic mass is 10.0. The molecule has 0 unspecified atom stereocenters. The fraction of sp³-hybridized carbons (Fsp3) is 0.333. The first-order chi connectivity index (χ1) is 23.4. The van der Waals surface area contributed by atoms with E-state index in [1.54, 1.807) is 38.2 Å².